The summed E-state index contributed by atoms with van der Waals surface area (Å²) >= 11 is 0. The first-order valence-corrected chi connectivity index (χ1v) is 6.87. The molecule has 1 fully saturated rings. The maximum Gasteiger partial charge on any atom is 0.251 e. The normalized spacial score (nSPS) is 18.3. The Balaban J connectivity index is 1.85. The van der Waals surface area contributed by atoms with Gasteiger partial charge in [-0.1, -0.05) is 6.07 Å². The van der Waals surface area contributed by atoms with Gasteiger partial charge in [0.1, 0.15) is 5.75 Å². The molecule has 1 heterocycles. The zero-order chi connectivity index (χ0) is 13.7. The summed E-state index contributed by atoms with van der Waals surface area (Å²) in [5, 5.41) is 6.39. The molecule has 104 valence electrons. The first kappa shape index (κ1) is 13.9. The van der Waals surface area contributed by atoms with E-state index in [-0.39, 0.29) is 5.91 Å². The molecule has 2 N–H and O–H groups in total. The van der Waals surface area contributed by atoms with Crippen LogP contribution in [-0.2, 0) is 0 Å². The number of carbonyl (C=O) groups is 1. The molecule has 1 amide bonds. The fourth-order valence-corrected chi connectivity index (χ4v) is 2.43. The van der Waals surface area contributed by atoms with Crippen LogP contribution >= 0.6 is 0 Å². The average molecular weight is 262 g/mol. The van der Waals surface area contributed by atoms with Gasteiger partial charge in [-0.3, -0.25) is 4.79 Å². The van der Waals surface area contributed by atoms with Crippen molar-refractivity contribution < 1.29 is 9.53 Å². The zero-order valence-electron chi connectivity index (χ0n) is 11.7. The van der Waals surface area contributed by atoms with E-state index >= 15 is 0 Å². The number of benzene rings is 1. The Morgan fingerprint density at radius 2 is 2.37 bits per heavy atom. The number of methoxy groups -OCH3 is 1. The molecule has 4 heteroatoms. The molecule has 1 atom stereocenters. The van der Waals surface area contributed by atoms with E-state index in [0.29, 0.717) is 18.2 Å². The van der Waals surface area contributed by atoms with Crippen molar-refractivity contribution in [3.05, 3.63) is 29.3 Å². The van der Waals surface area contributed by atoms with E-state index in [2.05, 4.69) is 10.6 Å². The first-order chi connectivity index (χ1) is 9.20. The maximum atomic E-state index is 12.0. The summed E-state index contributed by atoms with van der Waals surface area (Å²) in [6, 6.07) is 6.10. The summed E-state index contributed by atoms with van der Waals surface area (Å²) in [6.07, 6.45) is 3.46. The Kier molecular flexibility index (Phi) is 4.80. The van der Waals surface area contributed by atoms with E-state index in [9.17, 15) is 4.79 Å². The van der Waals surface area contributed by atoms with Gasteiger partial charge in [0.2, 0.25) is 0 Å². The van der Waals surface area contributed by atoms with Crippen LogP contribution in [0.25, 0.3) is 0 Å². The van der Waals surface area contributed by atoms with Gasteiger partial charge in [0.25, 0.3) is 5.91 Å². The van der Waals surface area contributed by atoms with Crippen molar-refractivity contribution in [1.29, 1.82) is 0 Å². The Morgan fingerprint density at radius 3 is 3.05 bits per heavy atom. The van der Waals surface area contributed by atoms with E-state index < -0.39 is 0 Å². The predicted molar refractivity (Wildman–Crippen MR) is 75.7 cm³/mol. The van der Waals surface area contributed by atoms with Crippen LogP contribution in [0.15, 0.2) is 18.2 Å². The van der Waals surface area contributed by atoms with Crippen LogP contribution in [0.3, 0.4) is 0 Å². The van der Waals surface area contributed by atoms with Crippen LogP contribution in [0.1, 0.15) is 35.2 Å². The third kappa shape index (κ3) is 3.70. The monoisotopic (exact) mass is 262 g/mol. The van der Waals surface area contributed by atoms with Crippen LogP contribution in [0.2, 0.25) is 0 Å². The molecular formula is C15H22N2O2. The van der Waals surface area contributed by atoms with E-state index in [1.807, 2.05) is 19.1 Å². The molecule has 19 heavy (non-hydrogen) atoms. The highest BCUT2D eigenvalue weighted by Gasteiger charge is 2.14. The highest BCUT2D eigenvalue weighted by molar-refractivity contribution is 5.94. The van der Waals surface area contributed by atoms with Crippen molar-refractivity contribution in [2.75, 3.05) is 20.2 Å². The van der Waals surface area contributed by atoms with Gasteiger partial charge in [-0.05, 0) is 50.4 Å². The minimum absolute atomic E-state index is 0.0312. The number of ether oxygens (including phenoxy) is 1. The lowest BCUT2D eigenvalue weighted by Crippen LogP contribution is -2.30. The van der Waals surface area contributed by atoms with Gasteiger partial charge in [-0.15, -0.1) is 0 Å². The fraction of sp³-hybridized carbons (Fsp3) is 0.533. The Hall–Kier alpha value is -1.55. The van der Waals surface area contributed by atoms with Crippen LogP contribution in [-0.4, -0.2) is 32.1 Å². The molecule has 0 aliphatic carbocycles. The molecule has 0 bridgehead atoms. The van der Waals surface area contributed by atoms with Crippen LogP contribution in [0.4, 0.5) is 0 Å². The highest BCUT2D eigenvalue weighted by atomic mass is 16.5. The molecule has 2 rings (SSSR count). The lowest BCUT2D eigenvalue weighted by atomic mass is 10.1. The number of rotatable bonds is 5. The Bertz CT molecular complexity index is 440. The molecule has 0 unspecified atom stereocenters. The second-order valence-corrected chi connectivity index (χ2v) is 5.02. The van der Waals surface area contributed by atoms with E-state index in [4.69, 9.17) is 4.74 Å². The van der Waals surface area contributed by atoms with Crippen molar-refractivity contribution >= 4 is 5.91 Å². The van der Waals surface area contributed by atoms with Crippen LogP contribution in [0.5, 0.6) is 5.75 Å². The smallest absolute Gasteiger partial charge is 0.251 e. The molecular weight excluding hydrogens is 240 g/mol. The standard InChI is InChI=1S/C15H22N2O2/c1-11-5-6-12(10-14(11)19-2)15(18)17-9-7-13-4-3-8-16-13/h5-6,10,13,16H,3-4,7-9H2,1-2H3,(H,17,18)/t13-/m0/s1. The summed E-state index contributed by atoms with van der Waals surface area (Å²) in [4.78, 5) is 12.0. The van der Waals surface area contributed by atoms with E-state index in [1.165, 1.54) is 12.8 Å². The second-order valence-electron chi connectivity index (χ2n) is 5.02. The Labute approximate surface area is 114 Å². The van der Waals surface area contributed by atoms with E-state index in [0.717, 1.165) is 24.3 Å². The van der Waals surface area contributed by atoms with Gasteiger partial charge in [0.05, 0.1) is 7.11 Å². The van der Waals surface area contributed by atoms with Gasteiger partial charge in [0.15, 0.2) is 0 Å². The molecule has 1 aliphatic heterocycles. The van der Waals surface area contributed by atoms with E-state index in [1.54, 1.807) is 13.2 Å². The largest absolute Gasteiger partial charge is 0.496 e. The molecule has 0 saturated carbocycles. The minimum atomic E-state index is -0.0312. The van der Waals surface area contributed by atoms with Gasteiger partial charge >= 0.3 is 0 Å². The topological polar surface area (TPSA) is 50.4 Å². The number of hydrogen-bond acceptors (Lipinski definition) is 3. The molecule has 0 radical (unpaired) electrons. The van der Waals surface area contributed by atoms with Crippen LogP contribution < -0.4 is 15.4 Å². The minimum Gasteiger partial charge on any atom is -0.496 e. The lowest BCUT2D eigenvalue weighted by Gasteiger charge is -2.11. The second kappa shape index (κ2) is 6.57. The van der Waals surface area contributed by atoms with Crippen molar-refractivity contribution in [3.8, 4) is 5.75 Å². The van der Waals surface area contributed by atoms with Crippen LogP contribution in [0, 0.1) is 6.92 Å². The SMILES string of the molecule is COc1cc(C(=O)NCC[C@@H]2CCCN2)ccc1C. The van der Waals surface area contributed by atoms with Gasteiger partial charge in [0, 0.05) is 18.2 Å². The zero-order valence-corrected chi connectivity index (χ0v) is 11.7. The van der Waals surface area contributed by atoms with Gasteiger partial charge < -0.3 is 15.4 Å². The number of nitrogens with one attached hydrogen (secondary N) is 2. The molecule has 1 aromatic rings. The van der Waals surface area contributed by atoms with Crippen molar-refractivity contribution in [2.45, 2.75) is 32.2 Å². The summed E-state index contributed by atoms with van der Waals surface area (Å²) < 4.78 is 5.23. The molecule has 1 saturated heterocycles. The fourth-order valence-electron chi connectivity index (χ4n) is 2.43. The number of aryl methyl sites for hydroxylation is 1. The quantitative estimate of drug-likeness (QED) is 0.852. The van der Waals surface area contributed by atoms with Crippen molar-refractivity contribution in [2.24, 2.45) is 0 Å². The molecule has 1 aromatic carbocycles. The summed E-state index contributed by atoms with van der Waals surface area (Å²) in [5.41, 5.74) is 1.69. The molecule has 0 aromatic heterocycles. The van der Waals surface area contributed by atoms with Crippen molar-refractivity contribution in [1.82, 2.24) is 10.6 Å². The van der Waals surface area contributed by atoms with Gasteiger partial charge in [-0.25, -0.2) is 0 Å². The highest BCUT2D eigenvalue weighted by Crippen LogP contribution is 2.18. The summed E-state index contributed by atoms with van der Waals surface area (Å²) in [7, 11) is 1.62. The predicted octanol–water partition coefficient (Wildman–Crippen LogP) is 1.88. The number of hydrogen-bond donors (Lipinski definition) is 2. The molecule has 4 nitrogen and oxygen atoms in total. The number of carbonyl (C=O) groups excluding carboxylic acids is 1. The molecule has 0 spiro atoms. The first-order valence-electron chi connectivity index (χ1n) is 6.87. The summed E-state index contributed by atoms with van der Waals surface area (Å²) in [6.45, 7) is 3.78. The number of amides is 1. The third-order valence-corrected chi connectivity index (χ3v) is 3.61. The molecule has 1 aliphatic rings. The lowest BCUT2D eigenvalue weighted by molar-refractivity contribution is 0.0952. The summed E-state index contributed by atoms with van der Waals surface area (Å²) in [5.74, 6) is 0.724. The van der Waals surface area contributed by atoms with Gasteiger partial charge in [-0.2, -0.15) is 0 Å². The van der Waals surface area contributed by atoms with Crippen molar-refractivity contribution in [3.63, 3.8) is 0 Å². The maximum absolute atomic E-state index is 12.0. The third-order valence-electron chi connectivity index (χ3n) is 3.61. The average Bonchev–Trinajstić information content (AvgIpc) is 2.92. The Morgan fingerprint density at radius 1 is 1.53 bits per heavy atom.